The third-order valence-corrected chi connectivity index (χ3v) is 3.14. The summed E-state index contributed by atoms with van der Waals surface area (Å²) in [7, 11) is 0. The van der Waals surface area contributed by atoms with Gasteiger partial charge in [-0.2, -0.15) is 0 Å². The van der Waals surface area contributed by atoms with Crippen LogP contribution in [0.1, 0.15) is 32.9 Å². The standard InChI is InChI=1S/C15H23N3O2/c1-15(2,3)20-14(19)18-9-7-13(11-18)17-10-12-6-4-5-8-16-12/h4-6,8,13,17H,7,9-11H2,1-3H3. The van der Waals surface area contributed by atoms with Gasteiger partial charge in [-0.05, 0) is 39.3 Å². The van der Waals surface area contributed by atoms with Crippen LogP contribution in [0.5, 0.6) is 0 Å². The molecule has 2 rings (SSSR count). The normalized spacial score (nSPS) is 19.1. The minimum atomic E-state index is -0.434. The Kier molecular flexibility index (Phi) is 4.60. The van der Waals surface area contributed by atoms with Crippen LogP contribution in [0, 0.1) is 0 Å². The number of likely N-dealkylation sites (tertiary alicyclic amines) is 1. The average molecular weight is 277 g/mol. The topological polar surface area (TPSA) is 54.5 Å². The van der Waals surface area contributed by atoms with Crippen LogP contribution in [-0.4, -0.2) is 40.7 Å². The molecule has 2 heterocycles. The van der Waals surface area contributed by atoms with E-state index in [1.165, 1.54) is 0 Å². The van der Waals surface area contributed by atoms with Crippen LogP contribution in [0.4, 0.5) is 4.79 Å². The van der Waals surface area contributed by atoms with Crippen LogP contribution in [0.15, 0.2) is 24.4 Å². The minimum Gasteiger partial charge on any atom is -0.444 e. The second-order valence-corrected chi connectivity index (χ2v) is 6.11. The van der Waals surface area contributed by atoms with Gasteiger partial charge < -0.3 is 15.0 Å². The Morgan fingerprint density at radius 2 is 2.30 bits per heavy atom. The monoisotopic (exact) mass is 277 g/mol. The highest BCUT2D eigenvalue weighted by molar-refractivity contribution is 5.68. The van der Waals surface area contributed by atoms with Gasteiger partial charge in [-0.1, -0.05) is 6.07 Å². The number of nitrogens with zero attached hydrogens (tertiary/aromatic N) is 2. The zero-order chi connectivity index (χ0) is 14.6. The molecule has 1 aliphatic heterocycles. The number of hydrogen-bond acceptors (Lipinski definition) is 4. The van der Waals surface area contributed by atoms with Gasteiger partial charge in [0.05, 0.1) is 5.69 Å². The Bertz CT molecular complexity index is 442. The quantitative estimate of drug-likeness (QED) is 0.920. The number of ether oxygens (including phenoxy) is 1. The van der Waals surface area contributed by atoms with Crippen LogP contribution < -0.4 is 5.32 Å². The molecule has 110 valence electrons. The summed E-state index contributed by atoms with van der Waals surface area (Å²) in [6, 6.07) is 6.19. The largest absolute Gasteiger partial charge is 0.444 e. The lowest BCUT2D eigenvalue weighted by molar-refractivity contribution is 0.0291. The zero-order valence-electron chi connectivity index (χ0n) is 12.4. The molecule has 0 aliphatic carbocycles. The van der Waals surface area contributed by atoms with Gasteiger partial charge in [0.1, 0.15) is 5.60 Å². The fraction of sp³-hybridized carbons (Fsp3) is 0.600. The van der Waals surface area contributed by atoms with Crippen molar-refractivity contribution in [1.82, 2.24) is 15.2 Å². The lowest BCUT2D eigenvalue weighted by atomic mass is 10.2. The number of pyridine rings is 1. The van der Waals surface area contributed by atoms with Crippen molar-refractivity contribution in [3.63, 3.8) is 0 Å². The molecule has 1 atom stereocenters. The molecule has 1 aromatic heterocycles. The highest BCUT2D eigenvalue weighted by atomic mass is 16.6. The number of carbonyl (C=O) groups excluding carboxylic acids is 1. The summed E-state index contributed by atoms with van der Waals surface area (Å²) in [6.07, 6.45) is 2.52. The Hall–Kier alpha value is -1.62. The molecule has 1 amide bonds. The molecule has 1 aromatic rings. The number of nitrogens with one attached hydrogen (secondary N) is 1. The number of rotatable bonds is 3. The van der Waals surface area contributed by atoms with Crippen molar-refractivity contribution in [3.8, 4) is 0 Å². The van der Waals surface area contributed by atoms with Gasteiger partial charge in [-0.3, -0.25) is 4.98 Å². The molecule has 0 saturated carbocycles. The second kappa shape index (κ2) is 6.22. The Labute approximate surface area is 120 Å². The minimum absolute atomic E-state index is 0.223. The van der Waals surface area contributed by atoms with Crippen LogP contribution >= 0.6 is 0 Å². The molecule has 0 radical (unpaired) electrons. The van der Waals surface area contributed by atoms with Crippen molar-refractivity contribution < 1.29 is 9.53 Å². The van der Waals surface area contributed by atoms with E-state index < -0.39 is 5.60 Å². The molecule has 0 bridgehead atoms. The molecule has 20 heavy (non-hydrogen) atoms. The first-order valence-corrected chi connectivity index (χ1v) is 7.05. The number of aromatic nitrogens is 1. The summed E-state index contributed by atoms with van der Waals surface area (Å²) < 4.78 is 5.38. The summed E-state index contributed by atoms with van der Waals surface area (Å²) >= 11 is 0. The fourth-order valence-corrected chi connectivity index (χ4v) is 2.17. The van der Waals surface area contributed by atoms with Gasteiger partial charge in [0.15, 0.2) is 0 Å². The predicted molar refractivity (Wildman–Crippen MR) is 77.3 cm³/mol. The van der Waals surface area contributed by atoms with E-state index in [0.717, 1.165) is 25.2 Å². The van der Waals surface area contributed by atoms with E-state index in [0.29, 0.717) is 12.6 Å². The SMILES string of the molecule is CC(C)(C)OC(=O)N1CCC(NCc2ccccn2)C1. The maximum absolute atomic E-state index is 11.9. The summed E-state index contributed by atoms with van der Waals surface area (Å²) in [4.78, 5) is 18.0. The number of amides is 1. The van der Waals surface area contributed by atoms with Crippen LogP contribution in [-0.2, 0) is 11.3 Å². The highest BCUT2D eigenvalue weighted by Gasteiger charge is 2.29. The van der Waals surface area contributed by atoms with E-state index in [9.17, 15) is 4.79 Å². The van der Waals surface area contributed by atoms with Crippen LogP contribution in [0.2, 0.25) is 0 Å². The molecule has 5 nitrogen and oxygen atoms in total. The van der Waals surface area contributed by atoms with Crippen LogP contribution in [0.25, 0.3) is 0 Å². The number of hydrogen-bond donors (Lipinski definition) is 1. The van der Waals surface area contributed by atoms with E-state index in [4.69, 9.17) is 4.74 Å². The predicted octanol–water partition coefficient (Wildman–Crippen LogP) is 2.18. The highest BCUT2D eigenvalue weighted by Crippen LogP contribution is 2.15. The van der Waals surface area contributed by atoms with E-state index in [1.807, 2.05) is 39.0 Å². The van der Waals surface area contributed by atoms with Gasteiger partial charge in [0.2, 0.25) is 0 Å². The van der Waals surface area contributed by atoms with E-state index >= 15 is 0 Å². The van der Waals surface area contributed by atoms with E-state index in [2.05, 4.69) is 10.3 Å². The summed E-state index contributed by atoms with van der Waals surface area (Å²) in [6.45, 7) is 7.83. The molecular formula is C15H23N3O2. The lowest BCUT2D eigenvalue weighted by Gasteiger charge is -2.24. The van der Waals surface area contributed by atoms with Crippen molar-refractivity contribution in [1.29, 1.82) is 0 Å². The summed E-state index contributed by atoms with van der Waals surface area (Å²) in [5, 5.41) is 3.43. The van der Waals surface area contributed by atoms with Crippen LogP contribution in [0.3, 0.4) is 0 Å². The Morgan fingerprint density at radius 1 is 1.50 bits per heavy atom. The van der Waals surface area contributed by atoms with E-state index in [1.54, 1.807) is 11.1 Å². The maximum atomic E-state index is 11.9. The van der Waals surface area contributed by atoms with E-state index in [-0.39, 0.29) is 6.09 Å². The molecule has 0 aromatic carbocycles. The third-order valence-electron chi connectivity index (χ3n) is 3.14. The smallest absolute Gasteiger partial charge is 0.410 e. The second-order valence-electron chi connectivity index (χ2n) is 6.11. The van der Waals surface area contributed by atoms with Gasteiger partial charge in [0, 0.05) is 31.9 Å². The average Bonchev–Trinajstić information content (AvgIpc) is 2.84. The van der Waals surface area contributed by atoms with Gasteiger partial charge >= 0.3 is 6.09 Å². The van der Waals surface area contributed by atoms with Crippen molar-refractivity contribution in [2.24, 2.45) is 0 Å². The molecule has 1 fully saturated rings. The Balaban J connectivity index is 1.76. The molecule has 1 N–H and O–H groups in total. The molecular weight excluding hydrogens is 254 g/mol. The summed E-state index contributed by atoms with van der Waals surface area (Å²) in [5.74, 6) is 0. The first-order valence-electron chi connectivity index (χ1n) is 7.05. The van der Waals surface area contributed by atoms with Gasteiger partial charge in [-0.15, -0.1) is 0 Å². The van der Waals surface area contributed by atoms with Crippen molar-refractivity contribution in [2.75, 3.05) is 13.1 Å². The molecule has 5 heteroatoms. The van der Waals surface area contributed by atoms with Crippen molar-refractivity contribution >= 4 is 6.09 Å². The Morgan fingerprint density at radius 3 is 2.95 bits per heavy atom. The molecule has 1 saturated heterocycles. The van der Waals surface area contributed by atoms with Crippen molar-refractivity contribution in [2.45, 2.75) is 45.4 Å². The fourth-order valence-electron chi connectivity index (χ4n) is 2.17. The first-order chi connectivity index (χ1) is 9.44. The maximum Gasteiger partial charge on any atom is 0.410 e. The summed E-state index contributed by atoms with van der Waals surface area (Å²) in [5.41, 5.74) is 0.583. The molecule has 1 unspecified atom stereocenters. The lowest BCUT2D eigenvalue weighted by Crippen LogP contribution is -2.38. The zero-order valence-corrected chi connectivity index (χ0v) is 12.4. The third kappa shape index (κ3) is 4.49. The molecule has 1 aliphatic rings. The van der Waals surface area contributed by atoms with Gasteiger partial charge in [0.25, 0.3) is 0 Å². The first kappa shape index (κ1) is 14.8. The number of carbonyl (C=O) groups is 1. The molecule has 0 spiro atoms. The van der Waals surface area contributed by atoms with Crippen molar-refractivity contribution in [3.05, 3.63) is 30.1 Å². The van der Waals surface area contributed by atoms with Gasteiger partial charge in [-0.25, -0.2) is 4.79 Å².